The molecule has 1 unspecified atom stereocenters. The van der Waals surface area contributed by atoms with Gasteiger partial charge in [-0.25, -0.2) is 0 Å². The van der Waals surface area contributed by atoms with Gasteiger partial charge in [0.2, 0.25) is 5.91 Å². The Kier molecular flexibility index (Phi) is 5.21. The van der Waals surface area contributed by atoms with E-state index in [1.807, 2.05) is 31.2 Å². The van der Waals surface area contributed by atoms with Crippen LogP contribution in [-0.2, 0) is 4.79 Å². The highest BCUT2D eigenvalue weighted by Crippen LogP contribution is 2.16. The van der Waals surface area contributed by atoms with Gasteiger partial charge in [-0.05, 0) is 37.9 Å². The van der Waals surface area contributed by atoms with Gasteiger partial charge >= 0.3 is 0 Å². The minimum atomic E-state index is 0.150. The van der Waals surface area contributed by atoms with E-state index in [9.17, 15) is 4.79 Å². The zero-order valence-electron chi connectivity index (χ0n) is 11.4. The normalized spacial score (nSPS) is 18.3. The van der Waals surface area contributed by atoms with Crippen LogP contribution in [0.25, 0.3) is 0 Å². The number of nitrogens with one attached hydrogen (secondary N) is 2. The first-order valence-electron chi connectivity index (χ1n) is 6.94. The smallest absolute Gasteiger partial charge is 0.224 e. The van der Waals surface area contributed by atoms with Gasteiger partial charge in [0.05, 0.1) is 12.5 Å². The molecule has 1 fully saturated rings. The number of para-hydroxylation sites is 1. The number of rotatable bonds is 6. The molecular weight excluding hydrogens is 240 g/mol. The molecule has 0 aromatic heterocycles. The fraction of sp³-hybridized carbons (Fsp3) is 0.533. The summed E-state index contributed by atoms with van der Waals surface area (Å²) in [5.74, 6) is 1.24. The van der Waals surface area contributed by atoms with Crippen molar-refractivity contribution in [3.63, 3.8) is 0 Å². The summed E-state index contributed by atoms with van der Waals surface area (Å²) in [5, 5.41) is 6.16. The van der Waals surface area contributed by atoms with Gasteiger partial charge in [0.1, 0.15) is 5.75 Å². The maximum absolute atomic E-state index is 11.7. The van der Waals surface area contributed by atoms with E-state index in [1.54, 1.807) is 0 Å². The third-order valence-corrected chi connectivity index (χ3v) is 3.40. The summed E-state index contributed by atoms with van der Waals surface area (Å²) in [5.41, 5.74) is 1.14. The van der Waals surface area contributed by atoms with Crippen LogP contribution in [0.3, 0.4) is 0 Å². The molecule has 0 spiro atoms. The van der Waals surface area contributed by atoms with Crippen molar-refractivity contribution in [3.8, 4) is 5.75 Å². The van der Waals surface area contributed by atoms with Crippen molar-refractivity contribution < 1.29 is 9.53 Å². The van der Waals surface area contributed by atoms with Crippen LogP contribution in [0.15, 0.2) is 24.3 Å². The van der Waals surface area contributed by atoms with E-state index in [0.29, 0.717) is 13.2 Å². The van der Waals surface area contributed by atoms with Crippen LogP contribution in [0.4, 0.5) is 0 Å². The minimum Gasteiger partial charge on any atom is -0.493 e. The van der Waals surface area contributed by atoms with E-state index in [2.05, 4.69) is 10.6 Å². The third kappa shape index (κ3) is 4.24. The summed E-state index contributed by atoms with van der Waals surface area (Å²) in [6.45, 7) is 5.11. The number of carbonyl (C=O) groups is 1. The van der Waals surface area contributed by atoms with Gasteiger partial charge in [-0.3, -0.25) is 4.79 Å². The standard InChI is InChI=1S/C15H22N2O2/c1-12-5-2-3-6-14(12)19-10-4-8-17-15(18)13-7-9-16-11-13/h2-3,5-6,13,16H,4,7-11H2,1H3,(H,17,18). The van der Waals surface area contributed by atoms with Gasteiger partial charge in [-0.15, -0.1) is 0 Å². The van der Waals surface area contributed by atoms with Crippen molar-refractivity contribution in [2.75, 3.05) is 26.2 Å². The zero-order valence-corrected chi connectivity index (χ0v) is 11.4. The SMILES string of the molecule is Cc1ccccc1OCCCNC(=O)C1CCNC1. The Morgan fingerprint density at radius 3 is 3.05 bits per heavy atom. The fourth-order valence-corrected chi connectivity index (χ4v) is 2.21. The molecule has 1 saturated heterocycles. The second kappa shape index (κ2) is 7.14. The van der Waals surface area contributed by atoms with Crippen LogP contribution in [0.1, 0.15) is 18.4 Å². The molecule has 0 aliphatic carbocycles. The number of ether oxygens (including phenoxy) is 1. The lowest BCUT2D eigenvalue weighted by molar-refractivity contribution is -0.124. The molecule has 19 heavy (non-hydrogen) atoms. The Balaban J connectivity index is 1.59. The molecule has 4 heteroatoms. The molecule has 2 N–H and O–H groups in total. The summed E-state index contributed by atoms with van der Waals surface area (Å²) < 4.78 is 5.68. The van der Waals surface area contributed by atoms with Crippen LogP contribution < -0.4 is 15.4 Å². The summed E-state index contributed by atoms with van der Waals surface area (Å²) in [7, 11) is 0. The van der Waals surface area contributed by atoms with E-state index in [-0.39, 0.29) is 11.8 Å². The highest BCUT2D eigenvalue weighted by molar-refractivity contribution is 5.79. The van der Waals surface area contributed by atoms with Crippen molar-refractivity contribution in [1.29, 1.82) is 0 Å². The maximum Gasteiger partial charge on any atom is 0.224 e. The van der Waals surface area contributed by atoms with Crippen molar-refractivity contribution in [1.82, 2.24) is 10.6 Å². The minimum absolute atomic E-state index is 0.150. The quantitative estimate of drug-likeness (QED) is 0.764. The molecule has 1 aliphatic rings. The largest absolute Gasteiger partial charge is 0.493 e. The van der Waals surface area contributed by atoms with Crippen LogP contribution in [0, 0.1) is 12.8 Å². The summed E-state index contributed by atoms with van der Waals surface area (Å²) in [6, 6.07) is 7.97. The summed E-state index contributed by atoms with van der Waals surface area (Å²) in [4.78, 5) is 11.7. The monoisotopic (exact) mass is 262 g/mol. The van der Waals surface area contributed by atoms with Crippen molar-refractivity contribution >= 4 is 5.91 Å². The van der Waals surface area contributed by atoms with E-state index in [0.717, 1.165) is 37.2 Å². The van der Waals surface area contributed by atoms with E-state index in [1.165, 1.54) is 0 Å². The lowest BCUT2D eigenvalue weighted by Gasteiger charge is -2.11. The predicted molar refractivity (Wildman–Crippen MR) is 75.3 cm³/mol. The number of hydrogen-bond donors (Lipinski definition) is 2. The zero-order chi connectivity index (χ0) is 13.5. The Morgan fingerprint density at radius 2 is 2.32 bits per heavy atom. The molecule has 1 aromatic rings. The number of benzene rings is 1. The highest BCUT2D eigenvalue weighted by atomic mass is 16.5. The highest BCUT2D eigenvalue weighted by Gasteiger charge is 2.21. The average molecular weight is 262 g/mol. The molecule has 1 aliphatic heterocycles. The fourth-order valence-electron chi connectivity index (χ4n) is 2.21. The molecule has 104 valence electrons. The Hall–Kier alpha value is -1.55. The second-order valence-electron chi connectivity index (χ2n) is 4.95. The molecule has 4 nitrogen and oxygen atoms in total. The molecule has 0 radical (unpaired) electrons. The Bertz CT molecular complexity index is 414. The molecule has 0 bridgehead atoms. The number of carbonyl (C=O) groups excluding carboxylic acids is 1. The predicted octanol–water partition coefficient (Wildman–Crippen LogP) is 1.49. The second-order valence-corrected chi connectivity index (χ2v) is 4.95. The van der Waals surface area contributed by atoms with Gasteiger partial charge in [-0.1, -0.05) is 18.2 Å². The molecular formula is C15H22N2O2. The maximum atomic E-state index is 11.7. The van der Waals surface area contributed by atoms with Gasteiger partial charge in [0, 0.05) is 13.1 Å². The molecule has 1 atom stereocenters. The Morgan fingerprint density at radius 1 is 1.47 bits per heavy atom. The number of hydrogen-bond acceptors (Lipinski definition) is 3. The molecule has 1 heterocycles. The molecule has 2 rings (SSSR count). The van der Waals surface area contributed by atoms with E-state index < -0.39 is 0 Å². The first-order chi connectivity index (χ1) is 9.27. The van der Waals surface area contributed by atoms with Crippen molar-refractivity contribution in [3.05, 3.63) is 29.8 Å². The van der Waals surface area contributed by atoms with E-state index in [4.69, 9.17) is 4.74 Å². The summed E-state index contributed by atoms with van der Waals surface area (Å²) in [6.07, 6.45) is 1.78. The lowest BCUT2D eigenvalue weighted by Crippen LogP contribution is -2.33. The third-order valence-electron chi connectivity index (χ3n) is 3.40. The number of aryl methyl sites for hydroxylation is 1. The van der Waals surface area contributed by atoms with Crippen molar-refractivity contribution in [2.45, 2.75) is 19.8 Å². The summed E-state index contributed by atoms with van der Waals surface area (Å²) >= 11 is 0. The van der Waals surface area contributed by atoms with Gasteiger partial charge in [0.25, 0.3) is 0 Å². The van der Waals surface area contributed by atoms with Gasteiger partial charge in [0.15, 0.2) is 0 Å². The van der Waals surface area contributed by atoms with Crippen LogP contribution in [-0.4, -0.2) is 32.1 Å². The van der Waals surface area contributed by atoms with Gasteiger partial charge < -0.3 is 15.4 Å². The molecule has 1 amide bonds. The topological polar surface area (TPSA) is 50.4 Å². The lowest BCUT2D eigenvalue weighted by atomic mass is 10.1. The molecule has 0 saturated carbocycles. The number of amides is 1. The molecule has 1 aromatic carbocycles. The van der Waals surface area contributed by atoms with Gasteiger partial charge in [-0.2, -0.15) is 0 Å². The van der Waals surface area contributed by atoms with Crippen LogP contribution in [0.2, 0.25) is 0 Å². The van der Waals surface area contributed by atoms with Crippen molar-refractivity contribution in [2.24, 2.45) is 5.92 Å². The first-order valence-corrected chi connectivity index (χ1v) is 6.94. The average Bonchev–Trinajstić information content (AvgIpc) is 2.94. The van der Waals surface area contributed by atoms with Crippen LogP contribution in [0.5, 0.6) is 5.75 Å². The first kappa shape index (κ1) is 13.9. The van der Waals surface area contributed by atoms with E-state index >= 15 is 0 Å². The Labute approximate surface area is 114 Å². The van der Waals surface area contributed by atoms with Crippen LogP contribution >= 0.6 is 0 Å².